The van der Waals surface area contributed by atoms with Gasteiger partial charge in [-0.1, -0.05) is 19.8 Å². The first-order valence-corrected chi connectivity index (χ1v) is 7.79. The number of hydrogen-bond acceptors (Lipinski definition) is 3. The van der Waals surface area contributed by atoms with Crippen LogP contribution in [0.4, 0.5) is 4.79 Å². The van der Waals surface area contributed by atoms with Gasteiger partial charge in [-0.3, -0.25) is 4.79 Å². The molecule has 0 bridgehead atoms. The molecular weight excluding hydrogens is 272 g/mol. The van der Waals surface area contributed by atoms with E-state index >= 15 is 0 Å². The fourth-order valence-corrected chi connectivity index (χ4v) is 3.16. The number of aliphatic carboxylic acids is 1. The van der Waals surface area contributed by atoms with E-state index in [2.05, 4.69) is 17.6 Å². The average molecular weight is 298 g/mol. The number of rotatable bonds is 5. The molecule has 1 aliphatic carbocycles. The molecule has 2 amide bonds. The zero-order chi connectivity index (χ0) is 15.3. The summed E-state index contributed by atoms with van der Waals surface area (Å²) < 4.78 is 5.33. The maximum absolute atomic E-state index is 11.9. The van der Waals surface area contributed by atoms with Gasteiger partial charge in [0.1, 0.15) is 0 Å². The van der Waals surface area contributed by atoms with Gasteiger partial charge in [0.25, 0.3) is 0 Å². The SMILES string of the molecule is CC1(CNC(=O)NCC2(C(=O)O)CCCC2)CCOCC1. The third kappa shape index (κ3) is 4.09. The number of carboxylic acids is 1. The number of amides is 2. The summed E-state index contributed by atoms with van der Waals surface area (Å²) in [7, 11) is 0. The minimum Gasteiger partial charge on any atom is -0.481 e. The monoisotopic (exact) mass is 298 g/mol. The first-order valence-electron chi connectivity index (χ1n) is 7.79. The highest BCUT2D eigenvalue weighted by atomic mass is 16.5. The lowest BCUT2D eigenvalue weighted by molar-refractivity contribution is -0.148. The van der Waals surface area contributed by atoms with Gasteiger partial charge in [0.2, 0.25) is 0 Å². The molecule has 1 saturated carbocycles. The van der Waals surface area contributed by atoms with E-state index < -0.39 is 11.4 Å². The Labute approximate surface area is 125 Å². The van der Waals surface area contributed by atoms with Crippen molar-refractivity contribution in [3.05, 3.63) is 0 Å². The van der Waals surface area contributed by atoms with Gasteiger partial charge >= 0.3 is 12.0 Å². The van der Waals surface area contributed by atoms with E-state index in [1.807, 2.05) is 0 Å². The maximum atomic E-state index is 11.9. The van der Waals surface area contributed by atoms with Gasteiger partial charge in [-0.2, -0.15) is 0 Å². The highest BCUT2D eigenvalue weighted by molar-refractivity contribution is 5.78. The molecule has 2 fully saturated rings. The van der Waals surface area contributed by atoms with Crippen molar-refractivity contribution in [2.75, 3.05) is 26.3 Å². The molecule has 0 aromatic heterocycles. The lowest BCUT2D eigenvalue weighted by Crippen LogP contribution is -2.48. The summed E-state index contributed by atoms with van der Waals surface area (Å²) in [5.41, 5.74) is -0.687. The number of carbonyl (C=O) groups is 2. The number of ether oxygens (including phenoxy) is 1. The van der Waals surface area contributed by atoms with Gasteiger partial charge in [0, 0.05) is 26.3 Å². The van der Waals surface area contributed by atoms with E-state index in [4.69, 9.17) is 4.74 Å². The van der Waals surface area contributed by atoms with Gasteiger partial charge in [0.05, 0.1) is 5.41 Å². The van der Waals surface area contributed by atoms with E-state index in [0.717, 1.165) is 38.9 Å². The van der Waals surface area contributed by atoms with Crippen LogP contribution < -0.4 is 10.6 Å². The Morgan fingerprint density at radius 1 is 1.05 bits per heavy atom. The highest BCUT2D eigenvalue weighted by Gasteiger charge is 2.41. The van der Waals surface area contributed by atoms with Gasteiger partial charge in [-0.05, 0) is 31.1 Å². The third-order valence-electron chi connectivity index (χ3n) is 4.98. The van der Waals surface area contributed by atoms with Gasteiger partial charge in [0.15, 0.2) is 0 Å². The van der Waals surface area contributed by atoms with Gasteiger partial charge in [-0.25, -0.2) is 4.79 Å². The predicted molar refractivity (Wildman–Crippen MR) is 78.1 cm³/mol. The summed E-state index contributed by atoms with van der Waals surface area (Å²) in [5, 5.41) is 15.0. The molecule has 120 valence electrons. The minimum atomic E-state index is -0.795. The smallest absolute Gasteiger partial charge is 0.314 e. The van der Waals surface area contributed by atoms with Crippen molar-refractivity contribution in [2.45, 2.75) is 45.4 Å². The normalized spacial score (nSPS) is 23.5. The fraction of sp³-hybridized carbons (Fsp3) is 0.867. The Hall–Kier alpha value is -1.30. The lowest BCUT2D eigenvalue weighted by atomic mass is 9.82. The molecule has 0 unspecified atom stereocenters. The van der Waals surface area contributed by atoms with Crippen molar-refractivity contribution >= 4 is 12.0 Å². The van der Waals surface area contributed by atoms with Crippen LogP contribution in [0.2, 0.25) is 0 Å². The number of nitrogens with one attached hydrogen (secondary N) is 2. The van der Waals surface area contributed by atoms with E-state index in [1.165, 1.54) is 0 Å². The Balaban J connectivity index is 1.75. The molecule has 6 nitrogen and oxygen atoms in total. The first kappa shape index (κ1) is 16.1. The summed E-state index contributed by atoms with van der Waals surface area (Å²) in [6.07, 6.45) is 5.02. The first-order chi connectivity index (χ1) is 9.96. The van der Waals surface area contributed by atoms with Crippen LogP contribution in [0.5, 0.6) is 0 Å². The summed E-state index contributed by atoms with van der Waals surface area (Å²) >= 11 is 0. The molecule has 0 radical (unpaired) electrons. The van der Waals surface area contributed by atoms with Crippen LogP contribution in [0.15, 0.2) is 0 Å². The number of carbonyl (C=O) groups excluding carboxylic acids is 1. The van der Waals surface area contributed by atoms with Crippen LogP contribution in [-0.4, -0.2) is 43.4 Å². The predicted octanol–water partition coefficient (Wildman–Crippen LogP) is 1.75. The van der Waals surface area contributed by atoms with E-state index in [9.17, 15) is 14.7 Å². The molecule has 2 rings (SSSR count). The maximum Gasteiger partial charge on any atom is 0.314 e. The second kappa shape index (κ2) is 6.64. The van der Waals surface area contributed by atoms with Crippen molar-refractivity contribution in [3.63, 3.8) is 0 Å². The van der Waals surface area contributed by atoms with Crippen molar-refractivity contribution in [2.24, 2.45) is 10.8 Å². The molecule has 0 atom stereocenters. The Bertz CT molecular complexity index is 385. The summed E-state index contributed by atoms with van der Waals surface area (Å²) in [6.45, 7) is 4.44. The van der Waals surface area contributed by atoms with Crippen LogP contribution in [0.1, 0.15) is 45.4 Å². The van der Waals surface area contributed by atoms with Crippen molar-refractivity contribution in [1.82, 2.24) is 10.6 Å². The van der Waals surface area contributed by atoms with Crippen LogP contribution in [0.3, 0.4) is 0 Å². The van der Waals surface area contributed by atoms with E-state index in [1.54, 1.807) is 0 Å². The Morgan fingerprint density at radius 3 is 2.19 bits per heavy atom. The van der Waals surface area contributed by atoms with Crippen LogP contribution >= 0.6 is 0 Å². The number of carboxylic acid groups (broad SMARTS) is 1. The molecule has 0 spiro atoms. The molecule has 6 heteroatoms. The second-order valence-corrected chi connectivity index (χ2v) is 6.75. The Kier molecular flexibility index (Phi) is 5.08. The van der Waals surface area contributed by atoms with Crippen LogP contribution in [0, 0.1) is 10.8 Å². The molecule has 21 heavy (non-hydrogen) atoms. The third-order valence-corrected chi connectivity index (χ3v) is 4.98. The number of urea groups is 1. The quantitative estimate of drug-likeness (QED) is 0.721. The molecule has 3 N–H and O–H groups in total. The molecule has 1 saturated heterocycles. The average Bonchev–Trinajstić information content (AvgIpc) is 2.94. The zero-order valence-corrected chi connectivity index (χ0v) is 12.7. The fourth-order valence-electron chi connectivity index (χ4n) is 3.16. The van der Waals surface area contributed by atoms with Gasteiger partial charge in [-0.15, -0.1) is 0 Å². The minimum absolute atomic E-state index is 0.0768. The van der Waals surface area contributed by atoms with Crippen molar-refractivity contribution in [1.29, 1.82) is 0 Å². The number of hydrogen-bond donors (Lipinski definition) is 3. The van der Waals surface area contributed by atoms with Crippen LogP contribution in [0.25, 0.3) is 0 Å². The molecular formula is C15H26N2O4. The summed E-state index contributed by atoms with van der Waals surface area (Å²) in [5.74, 6) is -0.795. The van der Waals surface area contributed by atoms with E-state index in [-0.39, 0.29) is 18.0 Å². The molecule has 2 aliphatic rings. The van der Waals surface area contributed by atoms with Crippen molar-refractivity contribution < 1.29 is 19.4 Å². The molecule has 0 aromatic carbocycles. The summed E-state index contributed by atoms with van der Waals surface area (Å²) in [4.78, 5) is 23.3. The highest BCUT2D eigenvalue weighted by Crippen LogP contribution is 2.37. The second-order valence-electron chi connectivity index (χ2n) is 6.75. The van der Waals surface area contributed by atoms with Crippen molar-refractivity contribution in [3.8, 4) is 0 Å². The summed E-state index contributed by atoms with van der Waals surface area (Å²) in [6, 6.07) is -0.268. The molecule has 0 aromatic rings. The lowest BCUT2D eigenvalue weighted by Gasteiger charge is -2.33. The molecule has 1 heterocycles. The van der Waals surface area contributed by atoms with Gasteiger partial charge < -0.3 is 20.5 Å². The van der Waals surface area contributed by atoms with E-state index in [0.29, 0.717) is 19.4 Å². The standard InChI is InChI=1S/C15H26N2O4/c1-14(6-8-21-9-7-14)10-16-13(20)17-11-15(12(18)19)4-2-3-5-15/h2-11H2,1H3,(H,18,19)(H2,16,17,20). The zero-order valence-electron chi connectivity index (χ0n) is 12.7. The largest absolute Gasteiger partial charge is 0.481 e. The van der Waals surface area contributed by atoms with Crippen LogP contribution in [-0.2, 0) is 9.53 Å². The topological polar surface area (TPSA) is 87.7 Å². The molecule has 1 aliphatic heterocycles. The Morgan fingerprint density at radius 2 is 1.62 bits per heavy atom.